The van der Waals surface area contributed by atoms with Crippen LogP contribution in [0.2, 0.25) is 0 Å². The smallest absolute Gasteiger partial charge is 0.339 e. The Kier molecular flexibility index (Phi) is 3.81. The lowest BCUT2D eigenvalue weighted by atomic mass is 9.80. The molecule has 1 aliphatic heterocycles. The van der Waals surface area contributed by atoms with Crippen LogP contribution in [0.15, 0.2) is 78.9 Å². The first-order valence-corrected chi connectivity index (χ1v) is 8.34. The molecule has 4 rings (SSSR count). The van der Waals surface area contributed by atoms with Crippen molar-refractivity contribution in [3.05, 3.63) is 107 Å². The normalized spacial score (nSPS) is 20.0. The molecule has 0 bridgehead atoms. The summed E-state index contributed by atoms with van der Waals surface area (Å²) in [5.74, 6) is -0.788. The Morgan fingerprint density at radius 1 is 0.880 bits per heavy atom. The van der Waals surface area contributed by atoms with Crippen molar-refractivity contribution in [2.45, 2.75) is 11.0 Å². The van der Waals surface area contributed by atoms with Crippen molar-refractivity contribution in [2.75, 3.05) is 0 Å². The van der Waals surface area contributed by atoms with Gasteiger partial charge in [0.1, 0.15) is 11.2 Å². The maximum absolute atomic E-state index is 13.5. The van der Waals surface area contributed by atoms with Gasteiger partial charge < -0.3 is 4.74 Å². The van der Waals surface area contributed by atoms with Crippen LogP contribution < -0.4 is 0 Å². The zero-order chi connectivity index (χ0) is 17.4. The molecule has 0 N–H and O–H groups in total. The Bertz CT molecular complexity index is 924. The minimum Gasteiger partial charge on any atom is -0.444 e. The van der Waals surface area contributed by atoms with Crippen LogP contribution in [0, 0.1) is 5.82 Å². The Morgan fingerprint density at radius 2 is 1.52 bits per heavy atom. The molecule has 2 nitrogen and oxygen atoms in total. The fourth-order valence-corrected chi connectivity index (χ4v) is 3.78. The first-order valence-electron chi connectivity index (χ1n) is 7.91. The molecular formula is C21H14ClFO2. The van der Waals surface area contributed by atoms with E-state index in [0.29, 0.717) is 16.7 Å². The van der Waals surface area contributed by atoms with Crippen molar-refractivity contribution in [2.24, 2.45) is 0 Å². The summed E-state index contributed by atoms with van der Waals surface area (Å²) in [6.07, 6.45) is 0. The summed E-state index contributed by atoms with van der Waals surface area (Å²) < 4.78 is 19.3. The number of hydrogen-bond donors (Lipinski definition) is 0. The fraction of sp³-hybridized carbons (Fsp3) is 0.0952. The van der Waals surface area contributed by atoms with Gasteiger partial charge >= 0.3 is 5.97 Å². The number of benzene rings is 3. The number of hydrogen-bond acceptors (Lipinski definition) is 2. The molecule has 0 amide bonds. The topological polar surface area (TPSA) is 26.3 Å². The Balaban J connectivity index is 1.97. The minimum atomic E-state index is -1.20. The van der Waals surface area contributed by atoms with Crippen molar-refractivity contribution in [3.63, 3.8) is 0 Å². The van der Waals surface area contributed by atoms with Gasteiger partial charge in [0.05, 0.1) is 5.56 Å². The molecule has 0 spiro atoms. The first kappa shape index (κ1) is 15.9. The third-order valence-electron chi connectivity index (χ3n) is 4.52. The van der Waals surface area contributed by atoms with Gasteiger partial charge in [-0.15, -0.1) is 11.6 Å². The van der Waals surface area contributed by atoms with E-state index in [1.54, 1.807) is 24.3 Å². The zero-order valence-corrected chi connectivity index (χ0v) is 13.9. The van der Waals surface area contributed by atoms with E-state index in [-0.39, 0.29) is 5.82 Å². The Hall–Kier alpha value is -2.65. The van der Waals surface area contributed by atoms with Crippen LogP contribution in [0.4, 0.5) is 4.39 Å². The number of cyclic esters (lactones) is 1. The highest BCUT2D eigenvalue weighted by atomic mass is 35.5. The fourth-order valence-electron chi connectivity index (χ4n) is 3.34. The summed E-state index contributed by atoms with van der Waals surface area (Å²) in [5.41, 5.74) is 1.42. The summed E-state index contributed by atoms with van der Waals surface area (Å²) in [7, 11) is 0. The number of ether oxygens (including phenoxy) is 1. The van der Waals surface area contributed by atoms with Crippen LogP contribution in [-0.2, 0) is 10.3 Å². The second-order valence-corrected chi connectivity index (χ2v) is 6.39. The molecule has 1 heterocycles. The van der Waals surface area contributed by atoms with Crippen molar-refractivity contribution < 1.29 is 13.9 Å². The third-order valence-corrected chi connectivity index (χ3v) is 5.08. The van der Waals surface area contributed by atoms with Crippen LogP contribution in [0.3, 0.4) is 0 Å². The molecule has 2 unspecified atom stereocenters. The number of fused-ring (bicyclic) bond motifs is 1. The molecule has 2 atom stereocenters. The molecule has 3 aromatic carbocycles. The summed E-state index contributed by atoms with van der Waals surface area (Å²) in [5, 5.41) is -0.660. The van der Waals surface area contributed by atoms with E-state index < -0.39 is 16.9 Å². The van der Waals surface area contributed by atoms with Gasteiger partial charge in [-0.2, -0.15) is 0 Å². The number of esters is 1. The second kappa shape index (κ2) is 6.01. The number of carbonyl (C=O) groups excluding carboxylic acids is 1. The second-order valence-electron chi connectivity index (χ2n) is 5.95. The van der Waals surface area contributed by atoms with E-state index in [9.17, 15) is 9.18 Å². The molecule has 0 aliphatic carbocycles. The maximum Gasteiger partial charge on any atom is 0.339 e. The summed E-state index contributed by atoms with van der Waals surface area (Å²) in [4.78, 5) is 12.5. The molecule has 3 aromatic rings. The van der Waals surface area contributed by atoms with Gasteiger partial charge in [-0.25, -0.2) is 9.18 Å². The van der Waals surface area contributed by atoms with Gasteiger partial charge in [0.2, 0.25) is 0 Å². The van der Waals surface area contributed by atoms with Gasteiger partial charge in [-0.1, -0.05) is 60.7 Å². The summed E-state index contributed by atoms with van der Waals surface area (Å²) in [6, 6.07) is 22.5. The van der Waals surface area contributed by atoms with Gasteiger partial charge in [0.25, 0.3) is 0 Å². The quantitative estimate of drug-likeness (QED) is 0.477. The zero-order valence-electron chi connectivity index (χ0n) is 13.2. The van der Waals surface area contributed by atoms with Crippen LogP contribution in [0.1, 0.15) is 32.4 Å². The van der Waals surface area contributed by atoms with Gasteiger partial charge in [-0.05, 0) is 23.8 Å². The van der Waals surface area contributed by atoms with E-state index in [4.69, 9.17) is 16.3 Å². The van der Waals surface area contributed by atoms with Gasteiger partial charge in [-0.3, -0.25) is 0 Å². The largest absolute Gasteiger partial charge is 0.444 e. The van der Waals surface area contributed by atoms with E-state index in [1.165, 1.54) is 12.1 Å². The van der Waals surface area contributed by atoms with Crippen molar-refractivity contribution in [1.82, 2.24) is 0 Å². The highest BCUT2D eigenvalue weighted by molar-refractivity contribution is 6.22. The lowest BCUT2D eigenvalue weighted by Crippen LogP contribution is -2.33. The van der Waals surface area contributed by atoms with Gasteiger partial charge in [0, 0.05) is 11.1 Å². The van der Waals surface area contributed by atoms with Crippen LogP contribution in [0.25, 0.3) is 0 Å². The number of halogens is 2. The van der Waals surface area contributed by atoms with Crippen molar-refractivity contribution >= 4 is 17.6 Å². The van der Waals surface area contributed by atoms with E-state index in [0.717, 1.165) is 5.56 Å². The average molecular weight is 353 g/mol. The Labute approximate surface area is 149 Å². The predicted molar refractivity (Wildman–Crippen MR) is 94.1 cm³/mol. The van der Waals surface area contributed by atoms with Crippen LogP contribution in [0.5, 0.6) is 0 Å². The standard InChI is InChI=1S/C21H14ClFO2/c22-19(14-6-2-1-3-7-14)21(15-10-12-16(23)13-11-15)18-9-5-4-8-17(18)20(24)25-21/h1-13,19H. The number of carbonyl (C=O) groups is 1. The van der Waals surface area contributed by atoms with Gasteiger partial charge in [0.15, 0.2) is 5.60 Å². The molecule has 124 valence electrons. The third kappa shape index (κ3) is 2.43. The average Bonchev–Trinajstić information content (AvgIpc) is 2.96. The molecule has 0 saturated carbocycles. The van der Waals surface area contributed by atoms with E-state index in [1.807, 2.05) is 42.5 Å². The lowest BCUT2D eigenvalue weighted by Gasteiger charge is -2.34. The molecular weight excluding hydrogens is 339 g/mol. The molecule has 0 aromatic heterocycles. The minimum absolute atomic E-state index is 0.359. The van der Waals surface area contributed by atoms with Crippen LogP contribution >= 0.6 is 11.6 Å². The molecule has 25 heavy (non-hydrogen) atoms. The molecule has 0 fully saturated rings. The number of rotatable bonds is 3. The molecule has 1 aliphatic rings. The predicted octanol–water partition coefficient (Wildman–Crippen LogP) is 5.22. The summed E-state index contributed by atoms with van der Waals surface area (Å²) >= 11 is 6.87. The SMILES string of the molecule is O=C1OC(c2ccc(F)cc2)(C(Cl)c2ccccc2)c2ccccc21. The molecule has 0 radical (unpaired) electrons. The lowest BCUT2D eigenvalue weighted by molar-refractivity contribution is 0.00870. The summed E-state index contributed by atoms with van der Waals surface area (Å²) in [6.45, 7) is 0. The molecule has 0 saturated heterocycles. The van der Waals surface area contributed by atoms with Crippen LogP contribution in [-0.4, -0.2) is 5.97 Å². The van der Waals surface area contributed by atoms with E-state index >= 15 is 0 Å². The van der Waals surface area contributed by atoms with E-state index in [2.05, 4.69) is 0 Å². The Morgan fingerprint density at radius 3 is 2.24 bits per heavy atom. The monoisotopic (exact) mass is 352 g/mol. The van der Waals surface area contributed by atoms with Crippen molar-refractivity contribution in [3.8, 4) is 0 Å². The molecule has 4 heteroatoms. The maximum atomic E-state index is 13.5. The van der Waals surface area contributed by atoms with Crippen molar-refractivity contribution in [1.29, 1.82) is 0 Å². The highest BCUT2D eigenvalue weighted by Gasteiger charge is 2.52. The first-order chi connectivity index (χ1) is 12.1. The highest BCUT2D eigenvalue weighted by Crippen LogP contribution is 2.52. The number of alkyl halides is 1.